The van der Waals surface area contributed by atoms with Gasteiger partial charge in [0.2, 0.25) is 0 Å². The third-order valence-electron chi connectivity index (χ3n) is 5.08. The Morgan fingerprint density at radius 3 is 2.50 bits per heavy atom. The van der Waals surface area contributed by atoms with E-state index in [4.69, 9.17) is 19.2 Å². The Labute approximate surface area is 187 Å². The van der Waals surface area contributed by atoms with E-state index in [1.807, 2.05) is 38.1 Å². The molecule has 1 heterocycles. The topological polar surface area (TPSA) is 86.8 Å². The van der Waals surface area contributed by atoms with Crippen molar-refractivity contribution >= 4 is 22.8 Å². The standard InChI is InChI=1S/C25H28N2O5/c1-5-8-16(2)26-24(28)15-32-25(29)19-14-21(27-20-10-7-6-9-18(19)20)17-11-12-22(30-3)23(13-17)31-4/h6-7,9-14,16H,5,8,15H2,1-4H3,(H,26,28)/t16-/m0/s1. The molecule has 2 aromatic carbocycles. The van der Waals surface area contributed by atoms with Crippen molar-refractivity contribution in [3.8, 4) is 22.8 Å². The average Bonchev–Trinajstić information content (AvgIpc) is 2.81. The number of carbonyl (C=O) groups excluding carboxylic acids is 2. The molecule has 0 fully saturated rings. The number of pyridine rings is 1. The highest BCUT2D eigenvalue weighted by Crippen LogP contribution is 2.33. The van der Waals surface area contributed by atoms with Crippen LogP contribution in [0, 0.1) is 0 Å². The molecule has 7 nitrogen and oxygen atoms in total. The third-order valence-corrected chi connectivity index (χ3v) is 5.08. The number of hydrogen-bond donors (Lipinski definition) is 1. The minimum Gasteiger partial charge on any atom is -0.493 e. The van der Waals surface area contributed by atoms with Gasteiger partial charge < -0.3 is 19.5 Å². The highest BCUT2D eigenvalue weighted by atomic mass is 16.5. The van der Waals surface area contributed by atoms with Crippen LogP contribution < -0.4 is 14.8 Å². The number of nitrogens with zero attached hydrogens (tertiary/aromatic N) is 1. The molecule has 168 valence electrons. The van der Waals surface area contributed by atoms with Crippen molar-refractivity contribution in [3.63, 3.8) is 0 Å². The molecular formula is C25H28N2O5. The van der Waals surface area contributed by atoms with Crippen molar-refractivity contribution in [2.24, 2.45) is 0 Å². The van der Waals surface area contributed by atoms with E-state index in [2.05, 4.69) is 5.32 Å². The Bertz CT molecular complexity index is 1110. The molecule has 0 aliphatic carbocycles. The van der Waals surface area contributed by atoms with Crippen LogP contribution in [-0.2, 0) is 9.53 Å². The normalized spacial score (nSPS) is 11.6. The first-order valence-corrected chi connectivity index (χ1v) is 10.6. The van der Waals surface area contributed by atoms with Gasteiger partial charge in [0.15, 0.2) is 18.1 Å². The number of methoxy groups -OCH3 is 2. The lowest BCUT2D eigenvalue weighted by atomic mass is 10.0. The van der Waals surface area contributed by atoms with E-state index in [9.17, 15) is 9.59 Å². The minimum absolute atomic E-state index is 0.0320. The largest absolute Gasteiger partial charge is 0.493 e. The zero-order valence-corrected chi connectivity index (χ0v) is 18.8. The number of hydrogen-bond acceptors (Lipinski definition) is 6. The van der Waals surface area contributed by atoms with Gasteiger partial charge in [-0.15, -0.1) is 0 Å². The molecule has 0 aliphatic heterocycles. The second-order valence-corrected chi connectivity index (χ2v) is 7.48. The molecule has 1 N–H and O–H groups in total. The lowest BCUT2D eigenvalue weighted by Crippen LogP contribution is -2.35. The fourth-order valence-electron chi connectivity index (χ4n) is 3.52. The molecule has 3 aromatic rings. The first-order valence-electron chi connectivity index (χ1n) is 10.6. The summed E-state index contributed by atoms with van der Waals surface area (Å²) < 4.78 is 16.0. The minimum atomic E-state index is -0.580. The quantitative estimate of drug-likeness (QED) is 0.501. The summed E-state index contributed by atoms with van der Waals surface area (Å²) in [5, 5.41) is 3.49. The number of esters is 1. The van der Waals surface area contributed by atoms with Gasteiger partial charge in [-0.1, -0.05) is 31.5 Å². The van der Waals surface area contributed by atoms with Crippen LogP contribution in [0.3, 0.4) is 0 Å². The van der Waals surface area contributed by atoms with Gasteiger partial charge in [0.25, 0.3) is 5.91 Å². The predicted octanol–water partition coefficient (Wildman–Crippen LogP) is 4.38. The Balaban J connectivity index is 1.90. The van der Waals surface area contributed by atoms with Crippen LogP contribution >= 0.6 is 0 Å². The molecule has 0 unspecified atom stereocenters. The van der Waals surface area contributed by atoms with Crippen LogP contribution in [0.1, 0.15) is 37.0 Å². The van der Waals surface area contributed by atoms with E-state index in [1.54, 1.807) is 38.5 Å². The molecule has 0 radical (unpaired) electrons. The van der Waals surface area contributed by atoms with Crippen LogP contribution in [0.2, 0.25) is 0 Å². The van der Waals surface area contributed by atoms with E-state index in [0.717, 1.165) is 18.4 Å². The molecule has 0 saturated heterocycles. The fraction of sp³-hybridized carbons (Fsp3) is 0.320. The summed E-state index contributed by atoms with van der Waals surface area (Å²) in [4.78, 5) is 29.7. The van der Waals surface area contributed by atoms with Gasteiger partial charge in [0.05, 0.1) is 31.0 Å². The number of rotatable bonds is 9. The average molecular weight is 437 g/mol. The molecule has 1 aromatic heterocycles. The van der Waals surface area contributed by atoms with Gasteiger partial charge in [-0.3, -0.25) is 4.79 Å². The highest BCUT2D eigenvalue weighted by Gasteiger charge is 2.18. The second kappa shape index (κ2) is 10.6. The van der Waals surface area contributed by atoms with Crippen molar-refractivity contribution < 1.29 is 23.8 Å². The number of benzene rings is 2. The Morgan fingerprint density at radius 1 is 1.03 bits per heavy atom. The summed E-state index contributed by atoms with van der Waals surface area (Å²) in [5.74, 6) is 0.253. The van der Waals surface area contributed by atoms with Gasteiger partial charge in [0.1, 0.15) is 0 Å². The number of carbonyl (C=O) groups is 2. The molecule has 0 aliphatic rings. The summed E-state index contributed by atoms with van der Waals surface area (Å²) in [7, 11) is 3.13. The van der Waals surface area contributed by atoms with Crippen molar-refractivity contribution in [2.75, 3.05) is 20.8 Å². The molecular weight excluding hydrogens is 408 g/mol. The Hall–Kier alpha value is -3.61. The Kier molecular flexibility index (Phi) is 7.65. The first kappa shape index (κ1) is 23.1. The van der Waals surface area contributed by atoms with Crippen molar-refractivity contribution in [2.45, 2.75) is 32.7 Å². The summed E-state index contributed by atoms with van der Waals surface area (Å²) in [6.07, 6.45) is 1.83. The second-order valence-electron chi connectivity index (χ2n) is 7.48. The summed E-state index contributed by atoms with van der Waals surface area (Å²) in [6, 6.07) is 14.4. The van der Waals surface area contributed by atoms with Crippen molar-refractivity contribution in [1.82, 2.24) is 10.3 Å². The molecule has 1 amide bonds. The lowest BCUT2D eigenvalue weighted by Gasteiger charge is -2.14. The SMILES string of the molecule is CCC[C@H](C)NC(=O)COC(=O)c1cc(-c2ccc(OC)c(OC)c2)nc2ccccc12. The van der Waals surface area contributed by atoms with E-state index >= 15 is 0 Å². The summed E-state index contributed by atoms with van der Waals surface area (Å²) in [5.41, 5.74) is 2.33. The molecule has 32 heavy (non-hydrogen) atoms. The zero-order chi connectivity index (χ0) is 23.1. The number of para-hydroxylation sites is 1. The summed E-state index contributed by atoms with van der Waals surface area (Å²) in [6.45, 7) is 3.64. The smallest absolute Gasteiger partial charge is 0.339 e. The first-order chi connectivity index (χ1) is 15.5. The third kappa shape index (κ3) is 5.35. The molecule has 1 atom stereocenters. The molecule has 0 spiro atoms. The number of nitrogens with one attached hydrogen (secondary N) is 1. The maximum absolute atomic E-state index is 12.9. The Morgan fingerprint density at radius 2 is 1.78 bits per heavy atom. The van der Waals surface area contributed by atoms with Gasteiger partial charge in [0, 0.05) is 17.0 Å². The molecule has 0 saturated carbocycles. The summed E-state index contributed by atoms with van der Waals surface area (Å²) >= 11 is 0. The maximum Gasteiger partial charge on any atom is 0.339 e. The maximum atomic E-state index is 12.9. The van der Waals surface area contributed by atoms with Gasteiger partial charge >= 0.3 is 5.97 Å². The fourth-order valence-corrected chi connectivity index (χ4v) is 3.52. The van der Waals surface area contributed by atoms with Crippen molar-refractivity contribution in [1.29, 1.82) is 0 Å². The van der Waals surface area contributed by atoms with Gasteiger partial charge in [-0.05, 0) is 43.7 Å². The monoisotopic (exact) mass is 436 g/mol. The van der Waals surface area contributed by atoms with Crippen molar-refractivity contribution in [3.05, 3.63) is 54.1 Å². The van der Waals surface area contributed by atoms with Crippen LogP contribution in [0.15, 0.2) is 48.5 Å². The highest BCUT2D eigenvalue weighted by molar-refractivity contribution is 6.05. The van der Waals surface area contributed by atoms with E-state index in [1.165, 1.54) is 0 Å². The number of aromatic nitrogens is 1. The number of fused-ring (bicyclic) bond motifs is 1. The predicted molar refractivity (Wildman–Crippen MR) is 123 cm³/mol. The van der Waals surface area contributed by atoms with Crippen LogP contribution in [-0.4, -0.2) is 43.7 Å². The molecule has 0 bridgehead atoms. The van der Waals surface area contributed by atoms with Crippen LogP contribution in [0.5, 0.6) is 11.5 Å². The van der Waals surface area contributed by atoms with E-state index in [-0.39, 0.29) is 18.6 Å². The van der Waals surface area contributed by atoms with Gasteiger partial charge in [-0.2, -0.15) is 0 Å². The van der Waals surface area contributed by atoms with E-state index < -0.39 is 5.97 Å². The number of ether oxygens (including phenoxy) is 3. The zero-order valence-electron chi connectivity index (χ0n) is 18.8. The van der Waals surface area contributed by atoms with Crippen LogP contribution in [0.25, 0.3) is 22.2 Å². The molecule has 3 rings (SSSR count). The lowest BCUT2D eigenvalue weighted by molar-refractivity contribution is -0.124. The van der Waals surface area contributed by atoms with E-state index in [0.29, 0.717) is 33.7 Å². The van der Waals surface area contributed by atoms with Crippen LogP contribution in [0.4, 0.5) is 0 Å². The molecule has 7 heteroatoms. The number of amides is 1. The van der Waals surface area contributed by atoms with Gasteiger partial charge in [-0.25, -0.2) is 9.78 Å².